The number of fused-ring (bicyclic) bond motifs is 3. The Bertz CT molecular complexity index is 1680. The van der Waals surface area contributed by atoms with Crippen molar-refractivity contribution in [3.05, 3.63) is 89.5 Å². The minimum absolute atomic E-state index is 0.0540. The third-order valence-corrected chi connectivity index (χ3v) is 10.2. The molecule has 0 spiro atoms. The van der Waals surface area contributed by atoms with Crippen LogP contribution in [-0.4, -0.2) is 21.4 Å². The summed E-state index contributed by atoms with van der Waals surface area (Å²) in [5.74, 6) is 0. The van der Waals surface area contributed by atoms with E-state index in [9.17, 15) is 5.11 Å². The predicted molar refractivity (Wildman–Crippen MR) is 199 cm³/mol. The van der Waals surface area contributed by atoms with Gasteiger partial charge in [0.1, 0.15) is 11.8 Å². The number of halogens is 2. The Balaban J connectivity index is 0.00000160. The van der Waals surface area contributed by atoms with Gasteiger partial charge < -0.3 is 9.67 Å². The van der Waals surface area contributed by atoms with Crippen LogP contribution >= 0.6 is 11.6 Å². The summed E-state index contributed by atoms with van der Waals surface area (Å²) in [7, 11) is 0. The van der Waals surface area contributed by atoms with Gasteiger partial charge in [0.25, 0.3) is 0 Å². The van der Waals surface area contributed by atoms with Crippen LogP contribution in [0.2, 0.25) is 9.36 Å². The number of aliphatic hydroxyl groups is 1. The monoisotopic (exact) mass is 825 g/mol. The summed E-state index contributed by atoms with van der Waals surface area (Å²) >= 11 is 7.93. The summed E-state index contributed by atoms with van der Waals surface area (Å²) in [6.45, 7) is 23.8. The Kier molecular flexibility index (Phi) is 10.7. The number of hydrogen-bond acceptors (Lipinski definition) is 1. The summed E-state index contributed by atoms with van der Waals surface area (Å²) in [5.41, 5.74) is 2.78. The van der Waals surface area contributed by atoms with Crippen molar-refractivity contribution in [2.24, 2.45) is 10.8 Å². The Morgan fingerprint density at radius 1 is 0.787 bits per heavy atom. The average molecular weight is 825 g/mol. The zero-order valence-electron chi connectivity index (χ0n) is 31.1. The standard InChI is InChI=1S/C40H51ClFNO.2CH3.Hf/c1-35(2,3)24-38(10,11)39(42)23-31(26-15-13-12-14-16-26)34(44)40(41,25-39)43-32-19-17-27(36(4,5)6)21-29(32)30-22-28(37(7,8)9)18-20-33(30)43;;;/h12-23,34,44H,24-25H2,1-11H3;2*1H3;. The van der Waals surface area contributed by atoms with Crippen LogP contribution in [0, 0.1) is 10.8 Å². The first-order chi connectivity index (χ1) is 21.5. The normalized spacial score (nSPS) is 22.6. The van der Waals surface area contributed by atoms with E-state index >= 15 is 4.39 Å². The second-order valence-electron chi connectivity index (χ2n) is 17.6. The number of benzene rings is 3. The van der Waals surface area contributed by atoms with E-state index in [1.54, 1.807) is 6.08 Å². The van der Waals surface area contributed by atoms with E-state index in [0.717, 1.165) is 27.4 Å². The first-order valence-electron chi connectivity index (χ1n) is 17.0. The van der Waals surface area contributed by atoms with Crippen molar-refractivity contribution in [2.45, 2.75) is 126 Å². The molecule has 3 atom stereocenters. The van der Waals surface area contributed by atoms with Crippen molar-refractivity contribution in [3.8, 4) is 0 Å². The number of aliphatic hydroxyl groups excluding tert-OH is 1. The number of alkyl halides is 2. The minimum atomic E-state index is -1.80. The van der Waals surface area contributed by atoms with E-state index in [-0.39, 0.29) is 45.6 Å². The van der Waals surface area contributed by atoms with Crippen molar-refractivity contribution in [1.82, 2.24) is 4.57 Å². The van der Waals surface area contributed by atoms with Gasteiger partial charge >= 0.3 is 32.3 Å². The Morgan fingerprint density at radius 2 is 1.23 bits per heavy atom. The molecule has 0 amide bonds. The summed E-state index contributed by atoms with van der Waals surface area (Å²) in [6.07, 6.45) is 1.12. The summed E-state index contributed by atoms with van der Waals surface area (Å²) in [6, 6.07) is 22.7. The topological polar surface area (TPSA) is 25.2 Å². The maximum absolute atomic E-state index is 18.0. The molecule has 1 heterocycles. The fraction of sp³-hybridized carbons (Fsp3) is 0.524. The fourth-order valence-electron chi connectivity index (χ4n) is 7.41. The molecule has 1 aliphatic rings. The molecule has 1 N–H and O–H groups in total. The van der Waals surface area contributed by atoms with Crippen molar-refractivity contribution in [3.63, 3.8) is 0 Å². The number of hydrogen-bond donors (Lipinski definition) is 1. The molecular formula is C42H57ClFHfNO. The number of aromatic nitrogens is 1. The molecule has 5 rings (SSSR count). The van der Waals surface area contributed by atoms with Crippen molar-refractivity contribution < 1.29 is 32.4 Å². The molecule has 5 heteroatoms. The van der Waals surface area contributed by atoms with Crippen molar-refractivity contribution in [1.29, 1.82) is 0 Å². The Labute approximate surface area is 300 Å². The third kappa shape index (κ3) is 7.56. The quantitative estimate of drug-likeness (QED) is 0.161. The van der Waals surface area contributed by atoms with Gasteiger partial charge in [-0.15, -0.1) is 0 Å². The van der Waals surface area contributed by atoms with Crippen LogP contribution in [0.3, 0.4) is 0 Å². The van der Waals surface area contributed by atoms with Crippen LogP contribution < -0.4 is 0 Å². The molecular weight excluding hydrogens is 767 g/mol. The van der Waals surface area contributed by atoms with Crippen LogP contribution in [0.5, 0.6) is 0 Å². The molecule has 3 unspecified atom stereocenters. The van der Waals surface area contributed by atoms with E-state index in [4.69, 9.17) is 11.6 Å². The molecule has 0 fully saturated rings. The molecule has 0 aliphatic heterocycles. The molecule has 1 aromatic heterocycles. The van der Waals surface area contributed by atoms with Gasteiger partial charge in [0.05, 0.1) is 11.0 Å². The van der Waals surface area contributed by atoms with Gasteiger partial charge in [-0.3, -0.25) is 0 Å². The molecule has 47 heavy (non-hydrogen) atoms. The van der Waals surface area contributed by atoms with E-state index in [0.29, 0.717) is 12.0 Å². The predicted octanol–water partition coefficient (Wildman–Crippen LogP) is 12.5. The van der Waals surface area contributed by atoms with Gasteiger partial charge in [-0.1, -0.05) is 130 Å². The molecule has 0 radical (unpaired) electrons. The van der Waals surface area contributed by atoms with E-state index in [1.807, 2.05) is 48.7 Å². The SMILES string of the molecule is CC(C)(C)CC(C)(C)C1(F)C=C(c2ccccc2)C(O)C(Cl)(n2c3ccc(C(C)(C)C)cc3c3cc(C(C)(C)C)ccc32)C1.[CH3][Hf][CH3]. The van der Waals surface area contributed by atoms with E-state index < -0.39 is 22.2 Å². The second kappa shape index (κ2) is 13.2. The van der Waals surface area contributed by atoms with Gasteiger partial charge in [-0.2, -0.15) is 0 Å². The first-order valence-corrected chi connectivity index (χ1v) is 24.6. The number of nitrogens with zero attached hydrogens (tertiary/aromatic N) is 1. The summed E-state index contributed by atoms with van der Waals surface area (Å²) < 4.78 is 24.7. The molecule has 254 valence electrons. The molecule has 0 saturated carbocycles. The first kappa shape index (κ1) is 38.1. The van der Waals surface area contributed by atoms with E-state index in [1.165, 1.54) is 11.1 Å². The van der Waals surface area contributed by atoms with Gasteiger partial charge in [0.2, 0.25) is 0 Å². The fourth-order valence-corrected chi connectivity index (χ4v) is 7.90. The van der Waals surface area contributed by atoms with Gasteiger partial charge in [0, 0.05) is 22.6 Å². The van der Waals surface area contributed by atoms with E-state index in [2.05, 4.69) is 108 Å². The van der Waals surface area contributed by atoms with Crippen LogP contribution in [0.25, 0.3) is 27.4 Å². The number of allylic oxidation sites excluding steroid dienone is 1. The summed E-state index contributed by atoms with van der Waals surface area (Å²) in [5, 5.41) is 14.5. The number of rotatable bonds is 4. The van der Waals surface area contributed by atoms with Gasteiger partial charge in [0.15, 0.2) is 5.00 Å². The zero-order valence-corrected chi connectivity index (χ0v) is 35.4. The molecule has 1 aliphatic carbocycles. The van der Waals surface area contributed by atoms with Crippen molar-refractivity contribution in [2.75, 3.05) is 0 Å². The van der Waals surface area contributed by atoms with Crippen LogP contribution in [0.15, 0.2) is 72.8 Å². The zero-order chi connectivity index (χ0) is 35.4. The van der Waals surface area contributed by atoms with Crippen molar-refractivity contribution >= 4 is 39.0 Å². The third-order valence-electron chi connectivity index (χ3n) is 9.68. The maximum atomic E-state index is 18.0. The Morgan fingerprint density at radius 3 is 1.64 bits per heavy atom. The molecule has 2 nitrogen and oxygen atoms in total. The molecule has 0 saturated heterocycles. The van der Waals surface area contributed by atoms with Gasteiger partial charge in [-0.05, 0) is 75.3 Å². The van der Waals surface area contributed by atoms with Crippen LogP contribution in [0.1, 0.15) is 106 Å². The Hall–Kier alpha value is -1.75. The average Bonchev–Trinajstić information content (AvgIpc) is 3.27. The van der Waals surface area contributed by atoms with Crippen LogP contribution in [-0.2, 0) is 38.7 Å². The second-order valence-corrected chi connectivity index (χ2v) is 21.9. The molecule has 4 aromatic rings. The van der Waals surface area contributed by atoms with Crippen LogP contribution in [0.4, 0.5) is 4.39 Å². The molecule has 0 bridgehead atoms. The molecule has 3 aromatic carbocycles. The summed E-state index contributed by atoms with van der Waals surface area (Å²) in [4.78, 5) is -1.49. The van der Waals surface area contributed by atoms with Gasteiger partial charge in [-0.25, -0.2) is 4.39 Å².